The molecular weight excluding hydrogens is 365 g/mol. The van der Waals surface area contributed by atoms with Gasteiger partial charge in [-0.25, -0.2) is 18.4 Å². The number of aryl methyl sites for hydroxylation is 1. The predicted octanol–water partition coefficient (Wildman–Crippen LogP) is 2.01. The zero-order valence-electron chi connectivity index (χ0n) is 10.8. The Hall–Kier alpha value is -0.440. The lowest BCUT2D eigenvalue weighted by Crippen LogP contribution is -2.12. The SMILES string of the molecule is CCCc1nc(CS(C)(=O)=O)nc(NCC)c1I. The van der Waals surface area contributed by atoms with Gasteiger partial charge in [0, 0.05) is 12.8 Å². The molecular formula is C11H18IN3O2S. The van der Waals surface area contributed by atoms with E-state index >= 15 is 0 Å². The fourth-order valence-electron chi connectivity index (χ4n) is 1.53. The van der Waals surface area contributed by atoms with E-state index in [4.69, 9.17) is 0 Å². The Balaban J connectivity index is 3.19. The maximum Gasteiger partial charge on any atom is 0.154 e. The molecule has 0 aliphatic carbocycles. The van der Waals surface area contributed by atoms with Gasteiger partial charge in [-0.1, -0.05) is 13.3 Å². The second kappa shape index (κ2) is 6.65. The van der Waals surface area contributed by atoms with Gasteiger partial charge in [0.15, 0.2) is 9.84 Å². The highest BCUT2D eigenvalue weighted by Crippen LogP contribution is 2.21. The van der Waals surface area contributed by atoms with Crippen molar-refractivity contribution in [3.63, 3.8) is 0 Å². The minimum Gasteiger partial charge on any atom is -0.369 e. The van der Waals surface area contributed by atoms with Crippen molar-refractivity contribution in [1.29, 1.82) is 0 Å². The van der Waals surface area contributed by atoms with Gasteiger partial charge < -0.3 is 5.32 Å². The van der Waals surface area contributed by atoms with Crippen molar-refractivity contribution >= 4 is 38.2 Å². The Bertz CT molecular complexity index is 490. The average Bonchev–Trinajstić information content (AvgIpc) is 2.23. The summed E-state index contributed by atoms with van der Waals surface area (Å²) in [4.78, 5) is 8.63. The fourth-order valence-corrected chi connectivity index (χ4v) is 2.83. The number of hydrogen-bond donors (Lipinski definition) is 1. The van der Waals surface area contributed by atoms with Crippen LogP contribution >= 0.6 is 22.6 Å². The van der Waals surface area contributed by atoms with Gasteiger partial charge in [0.2, 0.25) is 0 Å². The van der Waals surface area contributed by atoms with Crippen molar-refractivity contribution in [3.05, 3.63) is 15.1 Å². The van der Waals surface area contributed by atoms with Crippen molar-refractivity contribution in [2.75, 3.05) is 18.1 Å². The molecule has 1 rings (SSSR count). The topological polar surface area (TPSA) is 72.0 Å². The van der Waals surface area contributed by atoms with Crippen molar-refractivity contribution in [2.45, 2.75) is 32.4 Å². The number of hydrogen-bond acceptors (Lipinski definition) is 5. The molecule has 0 saturated heterocycles. The van der Waals surface area contributed by atoms with Gasteiger partial charge in [-0.2, -0.15) is 0 Å². The molecule has 5 nitrogen and oxygen atoms in total. The molecule has 102 valence electrons. The van der Waals surface area contributed by atoms with Crippen LogP contribution in [-0.4, -0.2) is 31.2 Å². The van der Waals surface area contributed by atoms with Crippen LogP contribution in [-0.2, 0) is 22.0 Å². The van der Waals surface area contributed by atoms with Crippen LogP contribution in [0.3, 0.4) is 0 Å². The summed E-state index contributed by atoms with van der Waals surface area (Å²) in [5, 5.41) is 3.15. The molecule has 0 aliphatic rings. The molecule has 1 N–H and O–H groups in total. The molecule has 0 aromatic carbocycles. The summed E-state index contributed by atoms with van der Waals surface area (Å²) in [5.74, 6) is 0.992. The Morgan fingerprint density at radius 1 is 1.28 bits per heavy atom. The number of rotatable bonds is 6. The minimum absolute atomic E-state index is 0.112. The smallest absolute Gasteiger partial charge is 0.154 e. The van der Waals surface area contributed by atoms with Crippen LogP contribution in [0.4, 0.5) is 5.82 Å². The van der Waals surface area contributed by atoms with Gasteiger partial charge in [-0.3, -0.25) is 0 Å². The first-order valence-electron chi connectivity index (χ1n) is 5.84. The van der Waals surface area contributed by atoms with Crippen LogP contribution in [0.1, 0.15) is 31.8 Å². The molecule has 0 bridgehead atoms. The Morgan fingerprint density at radius 3 is 2.44 bits per heavy atom. The monoisotopic (exact) mass is 383 g/mol. The molecule has 0 radical (unpaired) electrons. The molecule has 0 unspecified atom stereocenters. The van der Waals surface area contributed by atoms with Crippen LogP contribution in [0, 0.1) is 3.57 Å². The van der Waals surface area contributed by atoms with Crippen molar-refractivity contribution in [3.8, 4) is 0 Å². The number of nitrogens with zero attached hydrogens (tertiary/aromatic N) is 2. The first-order chi connectivity index (χ1) is 8.37. The van der Waals surface area contributed by atoms with E-state index in [1.54, 1.807) is 0 Å². The van der Waals surface area contributed by atoms with Crippen LogP contribution in [0.25, 0.3) is 0 Å². The number of aromatic nitrogens is 2. The summed E-state index contributed by atoms with van der Waals surface area (Å²) < 4.78 is 23.6. The minimum atomic E-state index is -3.11. The van der Waals surface area contributed by atoms with Crippen LogP contribution in [0.5, 0.6) is 0 Å². The first kappa shape index (κ1) is 15.6. The molecule has 0 atom stereocenters. The van der Waals surface area contributed by atoms with E-state index in [-0.39, 0.29) is 5.75 Å². The third kappa shape index (κ3) is 4.68. The number of nitrogens with one attached hydrogen (secondary N) is 1. The quantitative estimate of drug-likeness (QED) is 0.761. The summed E-state index contributed by atoms with van der Waals surface area (Å²) in [6.45, 7) is 4.80. The van der Waals surface area contributed by atoms with Gasteiger partial charge in [0.25, 0.3) is 0 Å². The van der Waals surface area contributed by atoms with Gasteiger partial charge >= 0.3 is 0 Å². The van der Waals surface area contributed by atoms with E-state index in [2.05, 4.69) is 44.8 Å². The van der Waals surface area contributed by atoms with Crippen LogP contribution in [0.15, 0.2) is 0 Å². The molecule has 0 fully saturated rings. The zero-order chi connectivity index (χ0) is 13.8. The molecule has 1 aromatic heterocycles. The Labute approximate surface area is 122 Å². The Morgan fingerprint density at radius 2 is 1.94 bits per heavy atom. The second-order valence-electron chi connectivity index (χ2n) is 4.10. The lowest BCUT2D eigenvalue weighted by atomic mass is 10.2. The average molecular weight is 383 g/mol. The van der Waals surface area contributed by atoms with Gasteiger partial charge in [0.05, 0.1) is 9.26 Å². The van der Waals surface area contributed by atoms with Crippen molar-refractivity contribution < 1.29 is 8.42 Å². The molecule has 7 heteroatoms. The second-order valence-corrected chi connectivity index (χ2v) is 7.32. The number of sulfone groups is 1. The normalized spacial score (nSPS) is 11.6. The summed E-state index contributed by atoms with van der Waals surface area (Å²) >= 11 is 2.20. The van der Waals surface area contributed by atoms with E-state index in [1.165, 1.54) is 6.26 Å². The first-order valence-corrected chi connectivity index (χ1v) is 8.98. The largest absolute Gasteiger partial charge is 0.369 e. The lowest BCUT2D eigenvalue weighted by molar-refractivity contribution is 0.599. The fraction of sp³-hybridized carbons (Fsp3) is 0.636. The molecule has 0 saturated carbocycles. The van der Waals surface area contributed by atoms with Crippen LogP contribution in [0.2, 0.25) is 0 Å². The predicted molar refractivity (Wildman–Crippen MR) is 81.5 cm³/mol. The molecule has 18 heavy (non-hydrogen) atoms. The third-order valence-corrected chi connectivity index (χ3v) is 4.10. The molecule has 1 aromatic rings. The maximum atomic E-state index is 11.3. The van der Waals surface area contributed by atoms with Crippen molar-refractivity contribution in [1.82, 2.24) is 9.97 Å². The number of anilines is 1. The van der Waals surface area contributed by atoms with E-state index in [1.807, 2.05) is 6.92 Å². The summed E-state index contributed by atoms with van der Waals surface area (Å²) in [6, 6.07) is 0. The van der Waals surface area contributed by atoms with Crippen molar-refractivity contribution in [2.24, 2.45) is 0 Å². The summed E-state index contributed by atoms with van der Waals surface area (Å²) in [7, 11) is -3.11. The third-order valence-electron chi connectivity index (χ3n) is 2.19. The molecule has 0 aliphatic heterocycles. The summed E-state index contributed by atoms with van der Waals surface area (Å²) in [6.07, 6.45) is 2.99. The zero-order valence-corrected chi connectivity index (χ0v) is 13.8. The molecule has 0 spiro atoms. The standard InChI is InChI=1S/C11H18IN3O2S/c1-4-6-8-10(12)11(13-5-2)15-9(14-8)7-18(3,16)17/h4-7H2,1-3H3,(H,13,14,15). The summed E-state index contributed by atoms with van der Waals surface area (Å²) in [5.41, 5.74) is 0.919. The van der Waals surface area contributed by atoms with E-state index in [9.17, 15) is 8.42 Å². The lowest BCUT2D eigenvalue weighted by Gasteiger charge is -2.11. The van der Waals surface area contributed by atoms with Gasteiger partial charge in [0.1, 0.15) is 17.4 Å². The van der Waals surface area contributed by atoms with E-state index in [0.29, 0.717) is 5.82 Å². The highest BCUT2D eigenvalue weighted by atomic mass is 127. The Kier molecular flexibility index (Phi) is 5.77. The number of halogens is 1. The molecule has 1 heterocycles. The maximum absolute atomic E-state index is 11.3. The van der Waals surface area contributed by atoms with E-state index < -0.39 is 9.84 Å². The van der Waals surface area contributed by atoms with Gasteiger partial charge in [-0.15, -0.1) is 0 Å². The van der Waals surface area contributed by atoms with E-state index in [0.717, 1.165) is 34.5 Å². The molecule has 0 amide bonds. The van der Waals surface area contributed by atoms with Gasteiger partial charge in [-0.05, 0) is 35.9 Å². The van der Waals surface area contributed by atoms with Crippen LogP contribution < -0.4 is 5.32 Å². The highest BCUT2D eigenvalue weighted by Gasteiger charge is 2.14. The highest BCUT2D eigenvalue weighted by molar-refractivity contribution is 14.1.